The maximum absolute atomic E-state index is 14.3. The van der Waals surface area contributed by atoms with E-state index in [9.17, 15) is 14.4 Å². The van der Waals surface area contributed by atoms with Crippen LogP contribution in [0.4, 0.5) is 4.79 Å². The fraction of sp³-hybridized carbons (Fsp3) is 0.455. The summed E-state index contributed by atoms with van der Waals surface area (Å²) in [6.07, 6.45) is 4.27. The minimum absolute atomic E-state index is 0.0545. The zero-order chi connectivity index (χ0) is 29.1. The molecule has 0 radical (unpaired) electrons. The van der Waals surface area contributed by atoms with Crippen molar-refractivity contribution in [3.05, 3.63) is 89.7 Å². The molecule has 0 N–H and O–H groups in total. The number of aromatic nitrogens is 2. The number of nitrogens with zero attached hydrogens (tertiary/aromatic N) is 5. The van der Waals surface area contributed by atoms with E-state index in [-0.39, 0.29) is 29.8 Å². The van der Waals surface area contributed by atoms with E-state index in [2.05, 4.69) is 42.2 Å². The number of hydrogen-bond acceptors (Lipinski definition) is 6. The molecule has 2 aromatic carbocycles. The van der Waals surface area contributed by atoms with E-state index in [1.165, 1.54) is 10.5 Å². The van der Waals surface area contributed by atoms with Crippen molar-refractivity contribution in [2.24, 2.45) is 22.7 Å². The topological polar surface area (TPSA) is 88.0 Å². The molecule has 4 heterocycles. The Kier molecular flexibility index (Phi) is 6.46. The summed E-state index contributed by atoms with van der Waals surface area (Å²) in [4.78, 5) is 46.0. The molecule has 3 aliphatic heterocycles. The Morgan fingerprint density at radius 2 is 1.60 bits per heavy atom. The zero-order valence-corrected chi connectivity index (χ0v) is 24.2. The van der Waals surface area contributed by atoms with E-state index < -0.39 is 23.5 Å². The number of carbonyl (C=O) groups is 3. The van der Waals surface area contributed by atoms with Crippen LogP contribution >= 0.6 is 0 Å². The van der Waals surface area contributed by atoms with Gasteiger partial charge in [0.2, 0.25) is 11.8 Å². The first-order valence-corrected chi connectivity index (χ1v) is 14.8. The first-order valence-electron chi connectivity index (χ1n) is 14.8. The summed E-state index contributed by atoms with van der Waals surface area (Å²) in [5, 5.41) is 4.57. The van der Waals surface area contributed by atoms with Gasteiger partial charge >= 0.3 is 6.09 Å². The van der Waals surface area contributed by atoms with E-state index in [4.69, 9.17) is 4.74 Å². The van der Waals surface area contributed by atoms with Gasteiger partial charge in [0, 0.05) is 55.8 Å². The Morgan fingerprint density at radius 1 is 0.905 bits per heavy atom. The highest BCUT2D eigenvalue weighted by molar-refractivity contribution is 5.96. The van der Waals surface area contributed by atoms with Gasteiger partial charge in [0.15, 0.2) is 0 Å². The van der Waals surface area contributed by atoms with Gasteiger partial charge in [0.25, 0.3) is 0 Å². The minimum Gasteiger partial charge on any atom is -0.446 e. The molecule has 218 valence electrons. The summed E-state index contributed by atoms with van der Waals surface area (Å²) in [5.74, 6) is -0.356. The Bertz CT molecular complexity index is 1500. The van der Waals surface area contributed by atoms with Crippen molar-refractivity contribution in [2.75, 3.05) is 32.8 Å². The average Bonchev–Trinajstić information content (AvgIpc) is 3.34. The normalized spacial score (nSPS) is 25.9. The van der Waals surface area contributed by atoms with Crippen LogP contribution in [0.15, 0.2) is 73.1 Å². The second-order valence-electron chi connectivity index (χ2n) is 13.3. The van der Waals surface area contributed by atoms with Crippen molar-refractivity contribution >= 4 is 17.9 Å². The fourth-order valence-corrected chi connectivity index (χ4v) is 7.19. The Balaban J connectivity index is 1.10. The number of rotatable bonds is 7. The predicted octanol–water partition coefficient (Wildman–Crippen LogP) is 3.96. The van der Waals surface area contributed by atoms with Crippen LogP contribution in [0.25, 0.3) is 0 Å². The van der Waals surface area contributed by atoms with Crippen LogP contribution in [0, 0.1) is 22.7 Å². The van der Waals surface area contributed by atoms with Crippen LogP contribution in [0.2, 0.25) is 0 Å². The van der Waals surface area contributed by atoms with Crippen molar-refractivity contribution in [1.82, 2.24) is 24.5 Å². The fourth-order valence-electron chi connectivity index (χ4n) is 7.19. The molecule has 0 unspecified atom stereocenters. The molecule has 7 rings (SSSR count). The van der Waals surface area contributed by atoms with Gasteiger partial charge in [-0.2, -0.15) is 5.10 Å². The van der Waals surface area contributed by atoms with Crippen LogP contribution < -0.4 is 0 Å². The van der Waals surface area contributed by atoms with Gasteiger partial charge in [0.05, 0.1) is 18.7 Å². The molecule has 1 saturated carbocycles. The lowest BCUT2D eigenvalue weighted by Crippen LogP contribution is -2.64. The van der Waals surface area contributed by atoms with Crippen LogP contribution in [0.3, 0.4) is 0 Å². The highest BCUT2D eigenvalue weighted by Gasteiger charge is 2.62. The number of cyclic esters (lactones) is 1. The lowest BCUT2D eigenvalue weighted by Gasteiger charge is -2.51. The molecule has 42 heavy (non-hydrogen) atoms. The van der Waals surface area contributed by atoms with Gasteiger partial charge in [-0.1, -0.05) is 74.5 Å². The van der Waals surface area contributed by atoms with Gasteiger partial charge in [-0.15, -0.1) is 0 Å². The summed E-state index contributed by atoms with van der Waals surface area (Å²) in [6, 6.07) is 19.4. The highest BCUT2D eigenvalue weighted by Crippen LogP contribution is 2.55. The van der Waals surface area contributed by atoms with E-state index in [1.54, 1.807) is 0 Å². The molecule has 4 fully saturated rings. The highest BCUT2D eigenvalue weighted by atomic mass is 16.6. The third kappa shape index (κ3) is 4.79. The number of amides is 3. The van der Waals surface area contributed by atoms with Crippen molar-refractivity contribution in [2.45, 2.75) is 39.4 Å². The smallest absolute Gasteiger partial charge is 0.417 e. The molecular formula is C33H37N5O4. The van der Waals surface area contributed by atoms with Crippen LogP contribution in [-0.2, 0) is 27.4 Å². The van der Waals surface area contributed by atoms with Crippen molar-refractivity contribution < 1.29 is 19.1 Å². The number of imide groups is 1. The van der Waals surface area contributed by atoms with Gasteiger partial charge < -0.3 is 9.64 Å². The molecule has 1 aromatic heterocycles. The molecule has 9 heteroatoms. The average molecular weight is 568 g/mol. The number of carbonyl (C=O) groups excluding carboxylic acids is 3. The van der Waals surface area contributed by atoms with Gasteiger partial charge in [-0.25, -0.2) is 9.69 Å². The van der Waals surface area contributed by atoms with E-state index in [1.807, 2.05) is 64.3 Å². The van der Waals surface area contributed by atoms with E-state index in [0.717, 1.165) is 17.5 Å². The number of likely N-dealkylation sites (tertiary alicyclic amines) is 2. The first-order chi connectivity index (χ1) is 20.2. The summed E-state index contributed by atoms with van der Waals surface area (Å²) in [5.41, 5.74) is 2.80. The summed E-state index contributed by atoms with van der Waals surface area (Å²) >= 11 is 0. The Morgan fingerprint density at radius 3 is 2.29 bits per heavy atom. The molecule has 1 spiro atoms. The zero-order valence-electron chi connectivity index (χ0n) is 24.2. The molecule has 4 aliphatic rings. The number of benzene rings is 2. The minimum atomic E-state index is -0.586. The standard InChI is InChI=1S/C33H37N5O4/c1-32(2)13-26(32)29(39)36-21-33(22-36)20-35(15-24-14-34-37(17-24)16-23-9-5-3-6-10-23)18-27(33)30(40)38-28(19-42-31(38)41)25-11-7-4-8-12-25/h3-12,14,17,26-28H,13,15-16,18-22H2,1-2H3/t26-,27+,28+/m1/s1. The molecule has 1 aliphatic carbocycles. The largest absolute Gasteiger partial charge is 0.446 e. The summed E-state index contributed by atoms with van der Waals surface area (Å²) in [6.45, 7) is 8.05. The van der Waals surface area contributed by atoms with Crippen LogP contribution in [-0.4, -0.2) is 75.2 Å². The van der Waals surface area contributed by atoms with Crippen LogP contribution in [0.1, 0.15) is 43.0 Å². The second kappa shape index (κ2) is 10.1. The molecule has 3 atom stereocenters. The van der Waals surface area contributed by atoms with Gasteiger partial charge in [-0.05, 0) is 23.0 Å². The second-order valence-corrected chi connectivity index (χ2v) is 13.3. The summed E-state index contributed by atoms with van der Waals surface area (Å²) < 4.78 is 7.34. The monoisotopic (exact) mass is 567 g/mol. The Labute approximate surface area is 246 Å². The molecule has 3 amide bonds. The number of ether oxygens (including phenoxy) is 1. The maximum Gasteiger partial charge on any atom is 0.417 e. The first kappa shape index (κ1) is 26.9. The van der Waals surface area contributed by atoms with Crippen LogP contribution in [0.5, 0.6) is 0 Å². The van der Waals surface area contributed by atoms with E-state index >= 15 is 0 Å². The van der Waals surface area contributed by atoms with E-state index in [0.29, 0.717) is 39.3 Å². The SMILES string of the molecule is CC1(C)C[C@@H]1C(=O)N1CC2(CN(Cc3cnn(Cc4ccccc4)c3)C[C@H]2C(=O)N2C(=O)OC[C@H]2c2ccccc2)C1. The number of hydrogen-bond donors (Lipinski definition) is 0. The summed E-state index contributed by atoms with van der Waals surface area (Å²) in [7, 11) is 0. The lowest BCUT2D eigenvalue weighted by molar-refractivity contribution is -0.154. The van der Waals surface area contributed by atoms with Gasteiger partial charge in [0.1, 0.15) is 12.6 Å². The third-order valence-electron chi connectivity index (χ3n) is 9.73. The van der Waals surface area contributed by atoms with Crippen molar-refractivity contribution in [3.63, 3.8) is 0 Å². The molecule has 9 nitrogen and oxygen atoms in total. The van der Waals surface area contributed by atoms with Crippen molar-refractivity contribution in [1.29, 1.82) is 0 Å². The predicted molar refractivity (Wildman–Crippen MR) is 155 cm³/mol. The third-order valence-corrected chi connectivity index (χ3v) is 9.73. The maximum atomic E-state index is 14.3. The molecular weight excluding hydrogens is 530 g/mol. The van der Waals surface area contributed by atoms with Gasteiger partial charge in [-0.3, -0.25) is 19.2 Å². The lowest BCUT2D eigenvalue weighted by atomic mass is 9.70. The molecule has 3 saturated heterocycles. The molecule has 3 aromatic rings. The Hall–Kier alpha value is -3.98. The molecule has 0 bridgehead atoms. The quantitative estimate of drug-likeness (QED) is 0.430. The van der Waals surface area contributed by atoms with Crippen molar-refractivity contribution in [3.8, 4) is 0 Å².